The lowest BCUT2D eigenvalue weighted by molar-refractivity contribution is -0.137. The first-order chi connectivity index (χ1) is 10.0. The number of amides is 2. The van der Waals surface area contributed by atoms with E-state index in [0.29, 0.717) is 11.4 Å². The van der Waals surface area contributed by atoms with Gasteiger partial charge in [0.05, 0.1) is 19.3 Å². The van der Waals surface area contributed by atoms with E-state index in [2.05, 4.69) is 25.9 Å². The van der Waals surface area contributed by atoms with E-state index in [1.807, 2.05) is 0 Å². The average molecular weight is 312 g/mol. The van der Waals surface area contributed by atoms with Gasteiger partial charge in [-0.15, -0.1) is 5.10 Å². The van der Waals surface area contributed by atoms with E-state index < -0.39 is 12.0 Å². The van der Waals surface area contributed by atoms with Crippen molar-refractivity contribution in [3.05, 3.63) is 32.6 Å². The number of hydrogen-bond donors (Lipinski definition) is 4. The monoisotopic (exact) mass is 312 g/mol. The van der Waals surface area contributed by atoms with E-state index in [0.717, 1.165) is 16.0 Å². The van der Waals surface area contributed by atoms with Crippen LogP contribution in [0.1, 0.15) is 11.4 Å². The minimum atomic E-state index is -1.03. The van der Waals surface area contributed by atoms with Gasteiger partial charge in [0.2, 0.25) is 0 Å². The van der Waals surface area contributed by atoms with Gasteiger partial charge in [0.15, 0.2) is 0 Å². The summed E-state index contributed by atoms with van der Waals surface area (Å²) < 4.78 is 1.16. The predicted octanol–water partition coefficient (Wildman–Crippen LogP) is -0.888. The van der Waals surface area contributed by atoms with Crippen molar-refractivity contribution in [2.45, 2.75) is 19.6 Å². The highest BCUT2D eigenvalue weighted by Gasteiger charge is 2.06. The van der Waals surface area contributed by atoms with Gasteiger partial charge in [-0.3, -0.25) is 9.59 Å². The van der Waals surface area contributed by atoms with Crippen LogP contribution in [-0.2, 0) is 24.4 Å². The third-order valence-corrected chi connectivity index (χ3v) is 3.04. The number of H-pyrrole nitrogens is 1. The summed E-state index contributed by atoms with van der Waals surface area (Å²) in [5.74, 6) is -1.03. The second-order valence-corrected chi connectivity index (χ2v) is 4.85. The zero-order valence-corrected chi connectivity index (χ0v) is 11.5. The Morgan fingerprint density at radius 1 is 1.38 bits per heavy atom. The molecule has 2 heterocycles. The smallest absolute Gasteiger partial charge is 0.325 e. The summed E-state index contributed by atoms with van der Waals surface area (Å²) in [6.45, 7) is 0.0343. The van der Waals surface area contributed by atoms with Crippen LogP contribution in [0.3, 0.4) is 0 Å². The van der Waals surface area contributed by atoms with Crippen LogP contribution in [0.25, 0.3) is 0 Å². The van der Waals surface area contributed by atoms with E-state index in [4.69, 9.17) is 5.11 Å². The van der Waals surface area contributed by atoms with Gasteiger partial charge in [-0.1, -0.05) is 16.6 Å². The molecule has 2 amide bonds. The zero-order chi connectivity index (χ0) is 15.2. The number of carbonyl (C=O) groups excluding carboxylic acids is 1. The Bertz CT molecular complexity index is 690. The second-order valence-electron chi connectivity index (χ2n) is 4.01. The maximum Gasteiger partial charge on any atom is 0.325 e. The molecule has 11 heteroatoms. The topological polar surface area (TPSA) is 142 Å². The maximum absolute atomic E-state index is 11.5. The molecule has 0 radical (unpaired) electrons. The number of aromatic amines is 1. The Labute approximate surface area is 121 Å². The largest absolute Gasteiger partial charge is 0.480 e. The lowest BCUT2D eigenvalue weighted by Crippen LogP contribution is -2.34. The van der Waals surface area contributed by atoms with Gasteiger partial charge in [-0.25, -0.2) is 9.48 Å². The molecule has 0 aliphatic carbocycles. The van der Waals surface area contributed by atoms with Crippen LogP contribution in [-0.4, -0.2) is 37.1 Å². The third-order valence-electron chi connectivity index (χ3n) is 2.32. The van der Waals surface area contributed by atoms with Crippen LogP contribution < -0.4 is 15.5 Å². The number of hydrogen-bond acceptors (Lipinski definition) is 6. The van der Waals surface area contributed by atoms with Crippen LogP contribution in [0.15, 0.2) is 16.4 Å². The van der Waals surface area contributed by atoms with Gasteiger partial charge in [0.1, 0.15) is 12.2 Å². The second kappa shape index (κ2) is 6.65. The molecule has 4 N–H and O–H groups in total. The number of nitrogens with zero attached hydrogens (tertiary/aromatic N) is 3. The van der Waals surface area contributed by atoms with E-state index in [1.54, 1.807) is 5.38 Å². The summed E-state index contributed by atoms with van der Waals surface area (Å²) in [6.07, 6.45) is 1.44. The standard InChI is InChI=1S/C10H12N6O4S/c17-8(18)4-16-3-6(14-15-16)1-11-9(19)12-2-7-5-21-10(20)13-7/h3,5H,1-2,4H2,(H,13,20)(H,17,18)(H2,11,12,19). The average Bonchev–Trinajstić information content (AvgIpc) is 3.02. The van der Waals surface area contributed by atoms with Crippen molar-refractivity contribution >= 4 is 23.3 Å². The number of carboxylic acid groups (broad SMARTS) is 1. The Morgan fingerprint density at radius 3 is 2.81 bits per heavy atom. The first kappa shape index (κ1) is 14.7. The maximum atomic E-state index is 11.5. The zero-order valence-electron chi connectivity index (χ0n) is 10.7. The van der Waals surface area contributed by atoms with Gasteiger partial charge in [-0.2, -0.15) is 0 Å². The Hall–Kier alpha value is -2.69. The molecular formula is C10H12N6O4S. The molecule has 2 rings (SSSR count). The first-order valence-electron chi connectivity index (χ1n) is 5.82. The Kier molecular flexibility index (Phi) is 4.66. The molecule has 0 bridgehead atoms. The normalized spacial score (nSPS) is 10.3. The highest BCUT2D eigenvalue weighted by atomic mass is 32.1. The number of aromatic nitrogens is 4. The molecule has 0 unspecified atom stereocenters. The minimum Gasteiger partial charge on any atom is -0.480 e. The van der Waals surface area contributed by atoms with Crippen molar-refractivity contribution in [2.75, 3.05) is 0 Å². The molecule has 0 aliphatic heterocycles. The van der Waals surface area contributed by atoms with Crippen LogP contribution in [0.5, 0.6) is 0 Å². The lowest BCUT2D eigenvalue weighted by Gasteiger charge is -2.04. The molecule has 10 nitrogen and oxygen atoms in total. The van der Waals surface area contributed by atoms with Crippen molar-refractivity contribution in [1.82, 2.24) is 30.6 Å². The molecule has 2 aromatic heterocycles. The highest BCUT2D eigenvalue weighted by molar-refractivity contribution is 7.07. The van der Waals surface area contributed by atoms with Gasteiger partial charge < -0.3 is 20.7 Å². The number of urea groups is 1. The van der Waals surface area contributed by atoms with E-state index in [9.17, 15) is 14.4 Å². The SMILES string of the molecule is O=C(O)Cn1cc(CNC(=O)NCc2csc(=O)[nH]2)nn1. The van der Waals surface area contributed by atoms with Crippen molar-refractivity contribution in [3.63, 3.8) is 0 Å². The molecule has 2 aromatic rings. The minimum absolute atomic E-state index is 0.117. The predicted molar refractivity (Wildman–Crippen MR) is 71.7 cm³/mol. The first-order valence-corrected chi connectivity index (χ1v) is 6.70. The number of thiazole rings is 1. The van der Waals surface area contributed by atoms with Crippen molar-refractivity contribution in [1.29, 1.82) is 0 Å². The van der Waals surface area contributed by atoms with Gasteiger partial charge in [-0.05, 0) is 0 Å². The molecule has 0 saturated carbocycles. The number of rotatable bonds is 6. The fourth-order valence-electron chi connectivity index (χ4n) is 1.44. The molecule has 0 saturated heterocycles. The number of carbonyl (C=O) groups is 2. The molecule has 0 fully saturated rings. The fraction of sp³-hybridized carbons (Fsp3) is 0.300. The molecule has 112 valence electrons. The number of carboxylic acids is 1. The number of nitrogens with one attached hydrogen (secondary N) is 3. The number of aliphatic carboxylic acids is 1. The van der Waals surface area contributed by atoms with E-state index >= 15 is 0 Å². The molecule has 21 heavy (non-hydrogen) atoms. The van der Waals surface area contributed by atoms with Crippen LogP contribution in [0, 0.1) is 0 Å². The van der Waals surface area contributed by atoms with Crippen LogP contribution >= 0.6 is 11.3 Å². The lowest BCUT2D eigenvalue weighted by atomic mass is 10.4. The van der Waals surface area contributed by atoms with Gasteiger partial charge in [0, 0.05) is 11.1 Å². The summed E-state index contributed by atoms with van der Waals surface area (Å²) in [6, 6.07) is -0.435. The van der Waals surface area contributed by atoms with Gasteiger partial charge >= 0.3 is 16.9 Å². The molecule has 0 aromatic carbocycles. The molecule has 0 spiro atoms. The molecule has 0 atom stereocenters. The van der Waals surface area contributed by atoms with Gasteiger partial charge in [0.25, 0.3) is 0 Å². The van der Waals surface area contributed by atoms with Crippen LogP contribution in [0.4, 0.5) is 4.79 Å². The third kappa shape index (κ3) is 4.72. The van der Waals surface area contributed by atoms with Crippen molar-refractivity contribution in [2.24, 2.45) is 0 Å². The van der Waals surface area contributed by atoms with E-state index in [1.165, 1.54) is 6.20 Å². The highest BCUT2D eigenvalue weighted by Crippen LogP contribution is 1.95. The Morgan fingerprint density at radius 2 is 2.14 bits per heavy atom. The van der Waals surface area contributed by atoms with Crippen molar-refractivity contribution < 1.29 is 14.7 Å². The Balaban J connectivity index is 1.74. The van der Waals surface area contributed by atoms with E-state index in [-0.39, 0.29) is 24.5 Å². The summed E-state index contributed by atoms with van der Waals surface area (Å²) in [5, 5.41) is 22.6. The fourth-order valence-corrected chi connectivity index (χ4v) is 2.03. The summed E-state index contributed by atoms with van der Waals surface area (Å²) in [4.78, 5) is 35.3. The summed E-state index contributed by atoms with van der Waals surface area (Å²) >= 11 is 1.02. The summed E-state index contributed by atoms with van der Waals surface area (Å²) in [5.41, 5.74) is 1.06. The molecule has 0 aliphatic rings. The molecular weight excluding hydrogens is 300 g/mol. The van der Waals surface area contributed by atoms with Crippen LogP contribution in [0.2, 0.25) is 0 Å². The quantitative estimate of drug-likeness (QED) is 0.545. The van der Waals surface area contributed by atoms with Crippen molar-refractivity contribution in [3.8, 4) is 0 Å². The summed E-state index contributed by atoms with van der Waals surface area (Å²) in [7, 11) is 0.